The Morgan fingerprint density at radius 2 is 2.06 bits per heavy atom. The molecule has 6 heteroatoms. The van der Waals surface area contributed by atoms with E-state index in [0.717, 1.165) is 0 Å². The van der Waals surface area contributed by atoms with Crippen LogP contribution in [0.3, 0.4) is 0 Å². The zero-order valence-corrected chi connectivity index (χ0v) is 11.6. The summed E-state index contributed by atoms with van der Waals surface area (Å²) in [5, 5.41) is 0.324. The number of hydrogen-bond donors (Lipinski definition) is 0. The predicted octanol–water partition coefficient (Wildman–Crippen LogP) is 2.86. The van der Waals surface area contributed by atoms with Gasteiger partial charge < -0.3 is 9.47 Å². The van der Waals surface area contributed by atoms with Crippen molar-refractivity contribution < 1.29 is 19.1 Å². The number of ether oxygens (including phenoxy) is 2. The summed E-state index contributed by atoms with van der Waals surface area (Å²) in [6.45, 7) is 1.75. The van der Waals surface area contributed by atoms with E-state index in [0.29, 0.717) is 9.50 Å². The van der Waals surface area contributed by atoms with E-state index in [1.54, 1.807) is 13.0 Å². The molecule has 0 bridgehead atoms. The first kappa shape index (κ1) is 14.0. The van der Waals surface area contributed by atoms with Gasteiger partial charge >= 0.3 is 5.97 Å². The van der Waals surface area contributed by atoms with Gasteiger partial charge in [-0.25, -0.2) is 4.79 Å². The molecule has 1 rings (SSSR count). The minimum atomic E-state index is -0.931. The zero-order valence-electron chi connectivity index (χ0n) is 9.25. The smallest absolute Gasteiger partial charge is 0.379 e. The molecule has 0 fully saturated rings. The van der Waals surface area contributed by atoms with Crippen molar-refractivity contribution in [3.8, 4) is 5.75 Å². The van der Waals surface area contributed by atoms with Crippen LogP contribution < -0.4 is 4.74 Å². The number of methoxy groups -OCH3 is 1. The second-order valence-electron chi connectivity index (χ2n) is 3.02. The fourth-order valence-electron chi connectivity index (χ4n) is 1.24. The minimum absolute atomic E-state index is 0.0744. The molecule has 0 heterocycles. The maximum absolute atomic E-state index is 11.8. The van der Waals surface area contributed by atoms with Crippen LogP contribution in [0.5, 0.6) is 5.75 Å². The first-order chi connectivity index (χ1) is 8.01. The molecule has 1 aromatic rings. The highest BCUT2D eigenvalue weighted by Crippen LogP contribution is 2.32. The molecule has 92 valence electrons. The Morgan fingerprint density at radius 1 is 1.41 bits per heavy atom. The third-order valence-electron chi connectivity index (χ3n) is 1.92. The van der Waals surface area contributed by atoms with E-state index in [2.05, 4.69) is 20.7 Å². The van der Waals surface area contributed by atoms with Crippen LogP contribution in [0.25, 0.3) is 0 Å². The maximum atomic E-state index is 11.8. The van der Waals surface area contributed by atoms with E-state index in [-0.39, 0.29) is 17.9 Å². The Hall–Kier alpha value is -1.07. The van der Waals surface area contributed by atoms with Crippen molar-refractivity contribution in [3.63, 3.8) is 0 Å². The van der Waals surface area contributed by atoms with Gasteiger partial charge in [-0.2, -0.15) is 0 Å². The number of halogens is 2. The van der Waals surface area contributed by atoms with Gasteiger partial charge in [-0.1, -0.05) is 11.6 Å². The van der Waals surface area contributed by atoms with Crippen LogP contribution in [-0.2, 0) is 9.53 Å². The average Bonchev–Trinajstić information content (AvgIpc) is 2.27. The van der Waals surface area contributed by atoms with E-state index in [4.69, 9.17) is 16.3 Å². The van der Waals surface area contributed by atoms with Gasteiger partial charge in [-0.15, -0.1) is 0 Å². The number of benzene rings is 1. The van der Waals surface area contributed by atoms with Gasteiger partial charge in [0, 0.05) is 5.02 Å². The van der Waals surface area contributed by atoms with Crippen molar-refractivity contribution in [2.75, 3.05) is 13.7 Å². The SMILES string of the molecule is CCOC(=O)C(=O)c1cc(Cl)cc(Br)c1OC. The molecule has 0 unspecified atom stereocenters. The van der Waals surface area contributed by atoms with Crippen LogP contribution in [-0.4, -0.2) is 25.5 Å². The van der Waals surface area contributed by atoms with Crippen LogP contribution in [0.1, 0.15) is 17.3 Å². The molecule has 0 aliphatic rings. The van der Waals surface area contributed by atoms with E-state index >= 15 is 0 Å². The lowest BCUT2D eigenvalue weighted by molar-refractivity contribution is -0.137. The van der Waals surface area contributed by atoms with Crippen molar-refractivity contribution >= 4 is 39.3 Å². The lowest BCUT2D eigenvalue weighted by Gasteiger charge is -2.09. The summed E-state index contributed by atoms with van der Waals surface area (Å²) in [7, 11) is 1.40. The number of rotatable bonds is 4. The zero-order chi connectivity index (χ0) is 13.0. The maximum Gasteiger partial charge on any atom is 0.379 e. The summed E-state index contributed by atoms with van der Waals surface area (Å²) in [6, 6.07) is 2.94. The van der Waals surface area contributed by atoms with E-state index < -0.39 is 11.8 Å². The summed E-state index contributed by atoms with van der Waals surface area (Å²) in [5.74, 6) is -1.46. The standard InChI is InChI=1S/C11H10BrClO4/c1-3-17-11(15)9(14)7-4-6(13)5-8(12)10(7)16-2/h4-5H,3H2,1-2H3. The van der Waals surface area contributed by atoms with Gasteiger partial charge in [0.1, 0.15) is 5.75 Å². The summed E-state index contributed by atoms with van der Waals surface area (Å²) < 4.78 is 10.2. The molecule has 0 saturated carbocycles. The van der Waals surface area contributed by atoms with Crippen molar-refractivity contribution in [2.45, 2.75) is 6.92 Å². The summed E-state index contributed by atoms with van der Waals surface area (Å²) in [4.78, 5) is 23.1. The average molecular weight is 322 g/mol. The molecule has 0 saturated heterocycles. The third-order valence-corrected chi connectivity index (χ3v) is 2.73. The van der Waals surface area contributed by atoms with Gasteiger partial charge in [-0.05, 0) is 35.0 Å². The second-order valence-corrected chi connectivity index (χ2v) is 4.31. The Balaban J connectivity index is 3.20. The fraction of sp³-hybridized carbons (Fsp3) is 0.273. The highest BCUT2D eigenvalue weighted by molar-refractivity contribution is 9.10. The van der Waals surface area contributed by atoms with Crippen molar-refractivity contribution in [2.24, 2.45) is 0 Å². The fourth-order valence-corrected chi connectivity index (χ4v) is 2.22. The molecule has 0 N–H and O–H groups in total. The van der Waals surface area contributed by atoms with E-state index in [9.17, 15) is 9.59 Å². The van der Waals surface area contributed by atoms with Gasteiger partial charge in [0.15, 0.2) is 0 Å². The summed E-state index contributed by atoms with van der Waals surface area (Å²) in [6.07, 6.45) is 0. The molecule has 0 atom stereocenters. The lowest BCUT2D eigenvalue weighted by atomic mass is 10.1. The topological polar surface area (TPSA) is 52.6 Å². The quantitative estimate of drug-likeness (QED) is 0.486. The van der Waals surface area contributed by atoms with Crippen LogP contribution in [0.2, 0.25) is 5.02 Å². The number of carbonyl (C=O) groups excluding carboxylic acids is 2. The predicted molar refractivity (Wildman–Crippen MR) is 66.7 cm³/mol. The molecule has 0 aliphatic heterocycles. The summed E-state index contributed by atoms with van der Waals surface area (Å²) >= 11 is 9.02. The second kappa shape index (κ2) is 6.02. The van der Waals surface area contributed by atoms with E-state index in [1.807, 2.05) is 0 Å². The van der Waals surface area contributed by atoms with Crippen molar-refractivity contribution in [1.29, 1.82) is 0 Å². The van der Waals surface area contributed by atoms with Crippen LogP contribution in [0.4, 0.5) is 0 Å². The van der Waals surface area contributed by atoms with Crippen molar-refractivity contribution in [1.82, 2.24) is 0 Å². The number of hydrogen-bond acceptors (Lipinski definition) is 4. The molecular formula is C11H10BrClO4. The lowest BCUT2D eigenvalue weighted by Crippen LogP contribution is -2.18. The Bertz CT molecular complexity index is 459. The first-order valence-electron chi connectivity index (χ1n) is 4.75. The Kier molecular flexibility index (Phi) is 4.96. The van der Waals surface area contributed by atoms with Crippen LogP contribution in [0.15, 0.2) is 16.6 Å². The van der Waals surface area contributed by atoms with Crippen LogP contribution >= 0.6 is 27.5 Å². The van der Waals surface area contributed by atoms with Gasteiger partial charge in [-0.3, -0.25) is 4.79 Å². The number of esters is 1. The number of carbonyl (C=O) groups is 2. The molecular weight excluding hydrogens is 311 g/mol. The minimum Gasteiger partial charge on any atom is -0.495 e. The molecule has 0 radical (unpaired) electrons. The van der Waals surface area contributed by atoms with Gasteiger partial charge in [0.25, 0.3) is 5.78 Å². The highest BCUT2D eigenvalue weighted by atomic mass is 79.9. The Labute approximate surface area is 112 Å². The summed E-state index contributed by atoms with van der Waals surface area (Å²) in [5.41, 5.74) is 0.0744. The molecule has 1 aromatic carbocycles. The van der Waals surface area contributed by atoms with Crippen LogP contribution in [0, 0.1) is 0 Å². The monoisotopic (exact) mass is 320 g/mol. The first-order valence-corrected chi connectivity index (χ1v) is 5.92. The third kappa shape index (κ3) is 3.20. The van der Waals surface area contributed by atoms with Crippen molar-refractivity contribution in [3.05, 3.63) is 27.2 Å². The molecule has 0 aliphatic carbocycles. The number of Topliss-reactive ketones (excluding diaryl/α,β-unsaturated/α-hetero) is 1. The van der Waals surface area contributed by atoms with Gasteiger partial charge in [0.2, 0.25) is 0 Å². The van der Waals surface area contributed by atoms with Gasteiger partial charge in [0.05, 0.1) is 23.8 Å². The highest BCUT2D eigenvalue weighted by Gasteiger charge is 2.23. The normalized spacial score (nSPS) is 9.88. The van der Waals surface area contributed by atoms with E-state index in [1.165, 1.54) is 13.2 Å². The molecule has 0 aromatic heterocycles. The largest absolute Gasteiger partial charge is 0.495 e. The Morgan fingerprint density at radius 3 is 2.59 bits per heavy atom. The molecule has 17 heavy (non-hydrogen) atoms. The molecule has 0 spiro atoms. The molecule has 0 amide bonds. The number of ketones is 1. The molecule has 4 nitrogen and oxygen atoms in total.